The molecule has 0 saturated carbocycles. The Labute approximate surface area is 175 Å². The van der Waals surface area contributed by atoms with Crippen molar-refractivity contribution in [3.05, 3.63) is 77.7 Å². The molecule has 4 heterocycles. The normalized spacial score (nSPS) is 10.7. The lowest BCUT2D eigenvalue weighted by atomic mass is 9.97. The van der Waals surface area contributed by atoms with Crippen molar-refractivity contribution in [2.75, 3.05) is 5.73 Å². The second-order valence-corrected chi connectivity index (χ2v) is 6.68. The molecule has 0 aliphatic carbocycles. The Kier molecular flexibility index (Phi) is 5.07. The van der Waals surface area contributed by atoms with Crippen LogP contribution >= 0.6 is 11.6 Å². The number of amides is 1. The number of halogens is 2. The molecule has 0 aliphatic heterocycles. The number of nitrogens with zero attached hydrogens (tertiary/aromatic N) is 4. The molecule has 0 spiro atoms. The molecule has 7 nitrogen and oxygen atoms in total. The van der Waals surface area contributed by atoms with Crippen molar-refractivity contribution in [3.63, 3.8) is 0 Å². The lowest BCUT2D eigenvalue weighted by Crippen LogP contribution is -2.12. The fourth-order valence-electron chi connectivity index (χ4n) is 3.06. The number of aromatic nitrogens is 4. The van der Waals surface area contributed by atoms with Crippen LogP contribution in [0.2, 0.25) is 5.02 Å². The van der Waals surface area contributed by atoms with E-state index in [1.165, 1.54) is 24.5 Å². The number of carbonyl (C=O) groups is 1. The van der Waals surface area contributed by atoms with Gasteiger partial charge in [0.2, 0.25) is 5.91 Å². The fourth-order valence-corrected chi connectivity index (χ4v) is 3.37. The predicted octanol–water partition coefficient (Wildman–Crippen LogP) is 3.74. The Hall–Kier alpha value is -3.91. The first-order valence-corrected chi connectivity index (χ1v) is 9.10. The third-order valence-corrected chi connectivity index (χ3v) is 4.84. The molecule has 0 atom stereocenters. The Morgan fingerprint density at radius 2 is 1.77 bits per heavy atom. The van der Waals surface area contributed by atoms with E-state index in [9.17, 15) is 9.18 Å². The minimum Gasteiger partial charge on any atom is -0.383 e. The molecule has 9 heteroatoms. The van der Waals surface area contributed by atoms with Crippen molar-refractivity contribution in [2.24, 2.45) is 5.73 Å². The van der Waals surface area contributed by atoms with Crippen LogP contribution < -0.4 is 11.5 Å². The fraction of sp³-hybridized carbons (Fsp3) is 0. The van der Waals surface area contributed by atoms with Gasteiger partial charge in [-0.2, -0.15) is 0 Å². The summed E-state index contributed by atoms with van der Waals surface area (Å²) in [6.45, 7) is 0. The van der Waals surface area contributed by atoms with Crippen molar-refractivity contribution >= 4 is 23.3 Å². The molecule has 4 N–H and O–H groups in total. The molecule has 0 saturated heterocycles. The monoisotopic (exact) mass is 420 g/mol. The van der Waals surface area contributed by atoms with E-state index < -0.39 is 11.7 Å². The van der Waals surface area contributed by atoms with Crippen LogP contribution in [-0.2, 0) is 0 Å². The number of nitrogen functional groups attached to an aromatic ring is 1. The third kappa shape index (κ3) is 3.44. The average molecular weight is 421 g/mol. The minimum atomic E-state index is -0.706. The van der Waals surface area contributed by atoms with Gasteiger partial charge in [0.25, 0.3) is 0 Å². The quantitative estimate of drug-likeness (QED) is 0.518. The van der Waals surface area contributed by atoms with Crippen LogP contribution in [0.5, 0.6) is 0 Å². The van der Waals surface area contributed by atoms with Crippen molar-refractivity contribution in [1.82, 2.24) is 19.9 Å². The summed E-state index contributed by atoms with van der Waals surface area (Å²) in [7, 11) is 0. The summed E-state index contributed by atoms with van der Waals surface area (Å²) in [5.74, 6) is -1.14. The molecule has 0 bridgehead atoms. The van der Waals surface area contributed by atoms with Gasteiger partial charge in [-0.25, -0.2) is 9.37 Å². The van der Waals surface area contributed by atoms with E-state index in [1.54, 1.807) is 30.6 Å². The molecule has 0 aromatic carbocycles. The molecule has 4 aromatic rings. The van der Waals surface area contributed by atoms with Gasteiger partial charge in [0.05, 0.1) is 28.2 Å². The summed E-state index contributed by atoms with van der Waals surface area (Å²) in [5.41, 5.74) is 14.0. The highest BCUT2D eigenvalue weighted by molar-refractivity contribution is 6.36. The van der Waals surface area contributed by atoms with Crippen LogP contribution in [0.1, 0.15) is 10.4 Å². The molecule has 0 aliphatic rings. The molecule has 0 radical (unpaired) electrons. The van der Waals surface area contributed by atoms with Gasteiger partial charge in [0.15, 0.2) is 0 Å². The maximum atomic E-state index is 14.6. The second-order valence-electron chi connectivity index (χ2n) is 6.30. The SMILES string of the molecule is NC(=O)c1ccnc(-c2cc(-c3ccncc3F)c(-c3cccnc3)nc2N)c1Cl. The zero-order valence-corrected chi connectivity index (χ0v) is 16.1. The van der Waals surface area contributed by atoms with Crippen LogP contribution in [0, 0.1) is 5.82 Å². The first-order valence-electron chi connectivity index (χ1n) is 8.73. The van der Waals surface area contributed by atoms with Crippen molar-refractivity contribution < 1.29 is 9.18 Å². The number of nitrogens with two attached hydrogens (primary N) is 2. The maximum Gasteiger partial charge on any atom is 0.250 e. The standard InChI is InChI=1S/C21H14ClFN6O/c22-17-13(21(25)30)4-7-28-19(17)15-8-14(12-3-6-27-10-16(12)23)18(29-20(15)24)11-2-1-5-26-9-11/h1-10H,(H2,24,29)(H2,25,30). The van der Waals surface area contributed by atoms with Gasteiger partial charge in [0.1, 0.15) is 11.6 Å². The van der Waals surface area contributed by atoms with Gasteiger partial charge in [-0.1, -0.05) is 11.6 Å². The van der Waals surface area contributed by atoms with E-state index in [0.29, 0.717) is 22.4 Å². The van der Waals surface area contributed by atoms with Crippen molar-refractivity contribution in [3.8, 4) is 33.6 Å². The van der Waals surface area contributed by atoms with E-state index in [1.807, 2.05) is 0 Å². The van der Waals surface area contributed by atoms with Crippen LogP contribution in [0.3, 0.4) is 0 Å². The summed E-state index contributed by atoms with van der Waals surface area (Å²) in [4.78, 5) is 28.3. The molecular weight excluding hydrogens is 407 g/mol. The lowest BCUT2D eigenvalue weighted by Gasteiger charge is -2.15. The van der Waals surface area contributed by atoms with Gasteiger partial charge in [-0.15, -0.1) is 0 Å². The average Bonchev–Trinajstić information content (AvgIpc) is 2.75. The van der Waals surface area contributed by atoms with Crippen LogP contribution in [0.15, 0.2) is 61.3 Å². The number of carbonyl (C=O) groups excluding carboxylic acids is 1. The van der Waals surface area contributed by atoms with Crippen LogP contribution in [0.4, 0.5) is 10.2 Å². The zero-order chi connectivity index (χ0) is 21.3. The number of hydrogen-bond acceptors (Lipinski definition) is 6. The second kappa shape index (κ2) is 7.84. The number of hydrogen-bond donors (Lipinski definition) is 2. The molecule has 30 heavy (non-hydrogen) atoms. The zero-order valence-electron chi connectivity index (χ0n) is 15.4. The summed E-state index contributed by atoms with van der Waals surface area (Å²) >= 11 is 6.36. The van der Waals surface area contributed by atoms with Crippen LogP contribution in [-0.4, -0.2) is 25.8 Å². The number of primary amides is 1. The van der Waals surface area contributed by atoms with Crippen molar-refractivity contribution in [1.29, 1.82) is 0 Å². The minimum absolute atomic E-state index is 0.0359. The molecule has 0 fully saturated rings. The van der Waals surface area contributed by atoms with E-state index >= 15 is 0 Å². The van der Waals surface area contributed by atoms with Gasteiger partial charge in [-0.3, -0.25) is 19.7 Å². The predicted molar refractivity (Wildman–Crippen MR) is 112 cm³/mol. The lowest BCUT2D eigenvalue weighted by molar-refractivity contribution is 0.100. The molecule has 4 aromatic heterocycles. The Bertz CT molecular complexity index is 1270. The van der Waals surface area contributed by atoms with Crippen molar-refractivity contribution in [2.45, 2.75) is 0 Å². The highest BCUT2D eigenvalue weighted by Crippen LogP contribution is 2.39. The largest absolute Gasteiger partial charge is 0.383 e. The number of pyridine rings is 4. The van der Waals surface area contributed by atoms with E-state index in [-0.39, 0.29) is 27.7 Å². The van der Waals surface area contributed by atoms with Gasteiger partial charge >= 0.3 is 0 Å². The molecule has 1 amide bonds. The molecule has 0 unspecified atom stereocenters. The van der Waals surface area contributed by atoms with E-state index in [0.717, 1.165) is 6.20 Å². The highest BCUT2D eigenvalue weighted by Gasteiger charge is 2.21. The van der Waals surface area contributed by atoms with Gasteiger partial charge < -0.3 is 11.5 Å². The smallest absolute Gasteiger partial charge is 0.250 e. The Balaban J connectivity index is 2.02. The van der Waals surface area contributed by atoms with Gasteiger partial charge in [-0.05, 0) is 30.3 Å². The topological polar surface area (TPSA) is 121 Å². The molecule has 4 rings (SSSR count). The number of anilines is 1. The maximum absolute atomic E-state index is 14.6. The first kappa shape index (κ1) is 19.4. The third-order valence-electron chi connectivity index (χ3n) is 4.46. The summed E-state index contributed by atoms with van der Waals surface area (Å²) < 4.78 is 14.6. The summed E-state index contributed by atoms with van der Waals surface area (Å²) in [6, 6.07) is 8.09. The van der Waals surface area contributed by atoms with Gasteiger partial charge in [0, 0.05) is 47.0 Å². The molecular formula is C21H14ClFN6O. The number of rotatable bonds is 4. The Morgan fingerprint density at radius 3 is 2.47 bits per heavy atom. The van der Waals surface area contributed by atoms with E-state index in [2.05, 4.69) is 19.9 Å². The van der Waals surface area contributed by atoms with E-state index in [4.69, 9.17) is 23.1 Å². The van der Waals surface area contributed by atoms with Crippen LogP contribution in [0.25, 0.3) is 33.6 Å². The highest BCUT2D eigenvalue weighted by atomic mass is 35.5. The first-order chi connectivity index (χ1) is 14.5. The Morgan fingerprint density at radius 1 is 0.967 bits per heavy atom. The summed E-state index contributed by atoms with van der Waals surface area (Å²) in [6.07, 6.45) is 7.19. The molecule has 148 valence electrons. The summed E-state index contributed by atoms with van der Waals surface area (Å²) in [5, 5.41) is 0.0359.